The molecule has 0 saturated carbocycles. The number of nitrogens with two attached hydrogens (primary N) is 1. The summed E-state index contributed by atoms with van der Waals surface area (Å²) in [6, 6.07) is 7.44. The van der Waals surface area contributed by atoms with Crippen molar-refractivity contribution < 1.29 is 14.3 Å². The highest BCUT2D eigenvalue weighted by Gasteiger charge is 2.33. The van der Waals surface area contributed by atoms with Crippen LogP contribution in [0.4, 0.5) is 0 Å². The fraction of sp³-hybridized carbons (Fsp3) is 0.533. The van der Waals surface area contributed by atoms with E-state index in [1.807, 2.05) is 29.2 Å². The number of piperidine rings is 1. The highest BCUT2D eigenvalue weighted by molar-refractivity contribution is 5.82. The molecule has 0 radical (unpaired) electrons. The molecule has 20 heavy (non-hydrogen) atoms. The summed E-state index contributed by atoms with van der Waals surface area (Å²) in [4.78, 5) is 14.4. The van der Waals surface area contributed by atoms with Crippen molar-refractivity contribution in [2.75, 3.05) is 26.2 Å². The zero-order chi connectivity index (χ0) is 13.9. The van der Waals surface area contributed by atoms with Crippen LogP contribution >= 0.6 is 0 Å². The number of rotatable bonds is 2. The van der Waals surface area contributed by atoms with Gasteiger partial charge in [0.05, 0.1) is 0 Å². The predicted molar refractivity (Wildman–Crippen MR) is 74.7 cm³/mol. The predicted octanol–water partition coefficient (Wildman–Crippen LogP) is 1.02. The van der Waals surface area contributed by atoms with E-state index in [0.717, 1.165) is 25.9 Å². The van der Waals surface area contributed by atoms with E-state index in [0.29, 0.717) is 24.0 Å². The summed E-state index contributed by atoms with van der Waals surface area (Å²) in [5.41, 5.74) is 5.71. The van der Waals surface area contributed by atoms with Gasteiger partial charge < -0.3 is 20.1 Å². The zero-order valence-electron chi connectivity index (χ0n) is 11.5. The number of nitrogens with zero attached hydrogens (tertiary/aromatic N) is 1. The van der Waals surface area contributed by atoms with Gasteiger partial charge in [0, 0.05) is 13.1 Å². The number of hydrogen-bond acceptors (Lipinski definition) is 4. The number of carbonyl (C=O) groups is 1. The fourth-order valence-electron chi connectivity index (χ4n) is 2.80. The first-order valence-corrected chi connectivity index (χ1v) is 7.15. The number of para-hydroxylation sites is 2. The maximum absolute atomic E-state index is 12.5. The van der Waals surface area contributed by atoms with Gasteiger partial charge in [-0.15, -0.1) is 0 Å². The molecule has 1 amide bonds. The van der Waals surface area contributed by atoms with Crippen LogP contribution < -0.4 is 15.2 Å². The Morgan fingerprint density at radius 2 is 2.15 bits per heavy atom. The molecule has 5 heteroatoms. The molecular formula is C15H20N2O3. The molecule has 2 atom stereocenters. The third-order valence-corrected chi connectivity index (χ3v) is 3.95. The van der Waals surface area contributed by atoms with Gasteiger partial charge in [-0.1, -0.05) is 12.1 Å². The lowest BCUT2D eigenvalue weighted by atomic mass is 9.98. The smallest absolute Gasteiger partial charge is 0.267 e. The summed E-state index contributed by atoms with van der Waals surface area (Å²) in [7, 11) is 0. The molecular weight excluding hydrogens is 256 g/mol. The monoisotopic (exact) mass is 276 g/mol. The van der Waals surface area contributed by atoms with E-state index in [2.05, 4.69) is 0 Å². The van der Waals surface area contributed by atoms with E-state index < -0.39 is 6.10 Å². The summed E-state index contributed by atoms with van der Waals surface area (Å²) in [5, 5.41) is 0. The molecule has 2 aliphatic heterocycles. The molecule has 2 N–H and O–H groups in total. The minimum atomic E-state index is -0.540. The van der Waals surface area contributed by atoms with Crippen LogP contribution in [0.1, 0.15) is 12.8 Å². The summed E-state index contributed by atoms with van der Waals surface area (Å²) < 4.78 is 11.4. The molecule has 1 aromatic carbocycles. The molecule has 2 aliphatic rings. The third-order valence-electron chi connectivity index (χ3n) is 3.95. The van der Waals surface area contributed by atoms with Crippen LogP contribution in [0.3, 0.4) is 0 Å². The lowest BCUT2D eigenvalue weighted by Gasteiger charge is -2.35. The molecule has 1 aromatic rings. The number of amides is 1. The Morgan fingerprint density at radius 3 is 2.95 bits per heavy atom. The van der Waals surface area contributed by atoms with E-state index >= 15 is 0 Å². The molecule has 0 spiro atoms. The molecule has 0 bridgehead atoms. The first kappa shape index (κ1) is 13.2. The average molecular weight is 276 g/mol. The summed E-state index contributed by atoms with van der Waals surface area (Å²) >= 11 is 0. The van der Waals surface area contributed by atoms with Crippen LogP contribution in [0.5, 0.6) is 11.5 Å². The van der Waals surface area contributed by atoms with Gasteiger partial charge in [0.25, 0.3) is 5.91 Å². The lowest BCUT2D eigenvalue weighted by Crippen LogP contribution is -2.50. The second-order valence-corrected chi connectivity index (χ2v) is 5.39. The Kier molecular flexibility index (Phi) is 3.78. The van der Waals surface area contributed by atoms with Crippen molar-refractivity contribution in [1.29, 1.82) is 0 Å². The Balaban J connectivity index is 1.67. The topological polar surface area (TPSA) is 64.8 Å². The summed E-state index contributed by atoms with van der Waals surface area (Å²) in [6.07, 6.45) is 1.57. The molecule has 0 aromatic heterocycles. The van der Waals surface area contributed by atoms with Crippen molar-refractivity contribution >= 4 is 5.91 Å². The Bertz CT molecular complexity index is 492. The third kappa shape index (κ3) is 2.58. The van der Waals surface area contributed by atoms with Crippen molar-refractivity contribution in [3.8, 4) is 11.5 Å². The maximum atomic E-state index is 12.5. The van der Waals surface area contributed by atoms with Crippen molar-refractivity contribution in [1.82, 2.24) is 4.90 Å². The van der Waals surface area contributed by atoms with Gasteiger partial charge in [-0.25, -0.2) is 0 Å². The molecule has 3 rings (SSSR count). The van der Waals surface area contributed by atoms with E-state index in [9.17, 15) is 4.79 Å². The first-order chi connectivity index (χ1) is 9.78. The fourth-order valence-corrected chi connectivity index (χ4v) is 2.80. The van der Waals surface area contributed by atoms with Gasteiger partial charge in [0.1, 0.15) is 6.61 Å². The van der Waals surface area contributed by atoms with Crippen molar-refractivity contribution in [3.05, 3.63) is 24.3 Å². The standard InChI is InChI=1S/C15H20N2O3/c16-8-11-4-3-7-17(9-11)15(18)14-10-19-12-5-1-2-6-13(12)20-14/h1-2,5-6,11,14H,3-4,7-10,16H2/t11-,14-/m0/s1. The van der Waals surface area contributed by atoms with Gasteiger partial charge in [-0.05, 0) is 37.4 Å². The second kappa shape index (κ2) is 5.71. The van der Waals surface area contributed by atoms with Crippen LogP contribution in [-0.2, 0) is 4.79 Å². The van der Waals surface area contributed by atoms with Crippen molar-refractivity contribution in [2.24, 2.45) is 11.7 Å². The summed E-state index contributed by atoms with van der Waals surface area (Å²) in [6.45, 7) is 2.43. The Morgan fingerprint density at radius 1 is 1.35 bits per heavy atom. The molecule has 1 saturated heterocycles. The number of fused-ring (bicyclic) bond motifs is 1. The lowest BCUT2D eigenvalue weighted by molar-refractivity contribution is -0.143. The minimum absolute atomic E-state index is 0.0117. The molecule has 5 nitrogen and oxygen atoms in total. The van der Waals surface area contributed by atoms with Crippen LogP contribution in [0.2, 0.25) is 0 Å². The van der Waals surface area contributed by atoms with Gasteiger partial charge in [-0.3, -0.25) is 4.79 Å². The van der Waals surface area contributed by atoms with Crippen LogP contribution in [0.25, 0.3) is 0 Å². The van der Waals surface area contributed by atoms with Crippen LogP contribution in [0, 0.1) is 5.92 Å². The zero-order valence-corrected chi connectivity index (χ0v) is 11.5. The van der Waals surface area contributed by atoms with E-state index in [1.165, 1.54) is 0 Å². The number of likely N-dealkylation sites (tertiary alicyclic amines) is 1. The Hall–Kier alpha value is -1.75. The molecule has 1 fully saturated rings. The van der Waals surface area contributed by atoms with Gasteiger partial charge in [-0.2, -0.15) is 0 Å². The van der Waals surface area contributed by atoms with Gasteiger partial charge in [0.15, 0.2) is 11.5 Å². The van der Waals surface area contributed by atoms with Crippen LogP contribution in [-0.4, -0.2) is 43.2 Å². The summed E-state index contributed by atoms with van der Waals surface area (Å²) in [5.74, 6) is 1.77. The Labute approximate surface area is 118 Å². The molecule has 108 valence electrons. The van der Waals surface area contributed by atoms with E-state index in [-0.39, 0.29) is 12.5 Å². The van der Waals surface area contributed by atoms with Gasteiger partial charge in [0.2, 0.25) is 6.10 Å². The molecule has 2 heterocycles. The normalized spacial score (nSPS) is 25.4. The number of benzene rings is 1. The highest BCUT2D eigenvalue weighted by Crippen LogP contribution is 2.31. The quantitative estimate of drug-likeness (QED) is 0.876. The number of carbonyl (C=O) groups excluding carboxylic acids is 1. The molecule has 0 aliphatic carbocycles. The largest absolute Gasteiger partial charge is 0.485 e. The SMILES string of the molecule is NC[C@@H]1CCCN(C(=O)[C@@H]2COc3ccccc3O2)C1. The first-order valence-electron chi connectivity index (χ1n) is 7.15. The number of hydrogen-bond donors (Lipinski definition) is 1. The number of ether oxygens (including phenoxy) is 2. The van der Waals surface area contributed by atoms with E-state index in [1.54, 1.807) is 0 Å². The average Bonchev–Trinajstić information content (AvgIpc) is 2.53. The van der Waals surface area contributed by atoms with E-state index in [4.69, 9.17) is 15.2 Å². The highest BCUT2D eigenvalue weighted by atomic mass is 16.6. The molecule has 0 unspecified atom stereocenters. The van der Waals surface area contributed by atoms with Crippen molar-refractivity contribution in [2.45, 2.75) is 18.9 Å². The second-order valence-electron chi connectivity index (χ2n) is 5.39. The van der Waals surface area contributed by atoms with Crippen molar-refractivity contribution in [3.63, 3.8) is 0 Å². The maximum Gasteiger partial charge on any atom is 0.267 e. The van der Waals surface area contributed by atoms with Gasteiger partial charge >= 0.3 is 0 Å². The minimum Gasteiger partial charge on any atom is -0.485 e. The van der Waals surface area contributed by atoms with Crippen LogP contribution in [0.15, 0.2) is 24.3 Å².